The molecule has 0 radical (unpaired) electrons. The Morgan fingerprint density at radius 1 is 1.15 bits per heavy atom. The van der Waals surface area contributed by atoms with E-state index in [9.17, 15) is 9.59 Å². The van der Waals surface area contributed by atoms with Crippen LogP contribution >= 0.6 is 0 Å². The van der Waals surface area contributed by atoms with Crippen molar-refractivity contribution in [1.29, 1.82) is 0 Å². The van der Waals surface area contributed by atoms with Gasteiger partial charge in [-0.15, -0.1) is 0 Å². The topological polar surface area (TPSA) is 64.1 Å². The fourth-order valence-corrected chi connectivity index (χ4v) is 2.19. The van der Waals surface area contributed by atoms with Crippen LogP contribution in [-0.4, -0.2) is 66.7 Å². The van der Waals surface area contributed by atoms with E-state index in [1.807, 2.05) is 35.2 Å². The van der Waals surface area contributed by atoms with Crippen molar-refractivity contribution in [2.45, 2.75) is 0 Å². The lowest BCUT2D eigenvalue weighted by atomic mass is 10.3. The molecular weight excluding hydrogens is 258 g/mol. The standard InChI is InChI=1S/C14H19N3O3/c1-15(12-5-3-2-4-6-12)13(18)11-16-7-9-17(10-8-16)14(19)20/h2-6H,7-11H2,1H3,(H,19,20). The minimum Gasteiger partial charge on any atom is -0.465 e. The fourth-order valence-electron chi connectivity index (χ4n) is 2.19. The molecule has 1 aliphatic heterocycles. The van der Waals surface area contributed by atoms with Crippen LogP contribution < -0.4 is 4.90 Å². The maximum atomic E-state index is 12.2. The Hall–Kier alpha value is -2.08. The third kappa shape index (κ3) is 3.48. The molecule has 0 saturated carbocycles. The number of piperazine rings is 1. The summed E-state index contributed by atoms with van der Waals surface area (Å²) in [5, 5.41) is 8.88. The number of nitrogens with zero attached hydrogens (tertiary/aromatic N) is 3. The van der Waals surface area contributed by atoms with E-state index in [0.29, 0.717) is 32.7 Å². The molecule has 20 heavy (non-hydrogen) atoms. The SMILES string of the molecule is CN(C(=O)CN1CCN(C(=O)O)CC1)c1ccccc1. The maximum absolute atomic E-state index is 12.2. The van der Waals surface area contributed by atoms with Crippen LogP contribution in [0.4, 0.5) is 10.5 Å². The van der Waals surface area contributed by atoms with Gasteiger partial charge in [0.15, 0.2) is 0 Å². The minimum absolute atomic E-state index is 0.0139. The van der Waals surface area contributed by atoms with E-state index in [-0.39, 0.29) is 5.91 Å². The first kappa shape index (κ1) is 14.3. The van der Waals surface area contributed by atoms with Crippen LogP contribution in [0.2, 0.25) is 0 Å². The first-order valence-electron chi connectivity index (χ1n) is 6.60. The van der Waals surface area contributed by atoms with Gasteiger partial charge in [0.05, 0.1) is 6.54 Å². The van der Waals surface area contributed by atoms with E-state index in [1.165, 1.54) is 4.90 Å². The Kier molecular flexibility index (Phi) is 4.57. The van der Waals surface area contributed by atoms with Crippen molar-refractivity contribution in [3.63, 3.8) is 0 Å². The molecule has 108 valence electrons. The molecule has 0 atom stereocenters. The predicted octanol–water partition coefficient (Wildman–Crippen LogP) is 0.945. The summed E-state index contributed by atoms with van der Waals surface area (Å²) in [7, 11) is 1.76. The second kappa shape index (κ2) is 6.38. The van der Waals surface area contributed by atoms with Gasteiger partial charge in [0.25, 0.3) is 0 Å². The summed E-state index contributed by atoms with van der Waals surface area (Å²) in [5.74, 6) is 0.0139. The number of carboxylic acid groups (broad SMARTS) is 1. The summed E-state index contributed by atoms with van der Waals surface area (Å²) in [4.78, 5) is 28.0. The van der Waals surface area contributed by atoms with Crippen molar-refractivity contribution in [3.05, 3.63) is 30.3 Å². The molecule has 1 aromatic rings. The van der Waals surface area contributed by atoms with Crippen LogP contribution in [0.3, 0.4) is 0 Å². The molecule has 6 nitrogen and oxygen atoms in total. The molecule has 0 aliphatic carbocycles. The highest BCUT2D eigenvalue weighted by atomic mass is 16.4. The number of para-hydroxylation sites is 1. The zero-order valence-electron chi connectivity index (χ0n) is 11.5. The number of hydrogen-bond donors (Lipinski definition) is 1. The van der Waals surface area contributed by atoms with Gasteiger partial charge in [-0.1, -0.05) is 18.2 Å². The summed E-state index contributed by atoms with van der Waals surface area (Å²) in [6, 6.07) is 9.48. The Bertz CT molecular complexity index is 470. The van der Waals surface area contributed by atoms with Gasteiger partial charge in [-0.05, 0) is 12.1 Å². The van der Waals surface area contributed by atoms with Crippen molar-refractivity contribution < 1.29 is 14.7 Å². The van der Waals surface area contributed by atoms with E-state index in [4.69, 9.17) is 5.11 Å². The summed E-state index contributed by atoms with van der Waals surface area (Å²) < 4.78 is 0. The van der Waals surface area contributed by atoms with Gasteiger partial charge in [-0.2, -0.15) is 0 Å². The van der Waals surface area contributed by atoms with Crippen molar-refractivity contribution in [2.24, 2.45) is 0 Å². The molecule has 2 amide bonds. The Morgan fingerprint density at radius 3 is 2.30 bits per heavy atom. The maximum Gasteiger partial charge on any atom is 0.407 e. The normalized spacial score (nSPS) is 15.9. The monoisotopic (exact) mass is 277 g/mol. The number of carbonyl (C=O) groups excluding carboxylic acids is 1. The van der Waals surface area contributed by atoms with Gasteiger partial charge in [-0.25, -0.2) is 4.79 Å². The Labute approximate surface area is 118 Å². The van der Waals surface area contributed by atoms with Crippen molar-refractivity contribution in [2.75, 3.05) is 44.7 Å². The van der Waals surface area contributed by atoms with Gasteiger partial charge >= 0.3 is 6.09 Å². The van der Waals surface area contributed by atoms with Crippen LogP contribution in [0.5, 0.6) is 0 Å². The average molecular weight is 277 g/mol. The molecule has 0 aromatic heterocycles. The molecule has 2 rings (SSSR count). The van der Waals surface area contributed by atoms with E-state index in [2.05, 4.69) is 0 Å². The highest BCUT2D eigenvalue weighted by molar-refractivity contribution is 5.94. The molecule has 1 heterocycles. The van der Waals surface area contributed by atoms with Gasteiger partial charge in [-0.3, -0.25) is 9.69 Å². The highest BCUT2D eigenvalue weighted by Crippen LogP contribution is 2.12. The Balaban J connectivity index is 1.85. The second-order valence-electron chi connectivity index (χ2n) is 4.83. The third-order valence-electron chi connectivity index (χ3n) is 3.52. The molecule has 1 aromatic carbocycles. The average Bonchev–Trinajstić information content (AvgIpc) is 2.48. The van der Waals surface area contributed by atoms with Crippen molar-refractivity contribution >= 4 is 17.7 Å². The predicted molar refractivity (Wildman–Crippen MR) is 75.9 cm³/mol. The van der Waals surface area contributed by atoms with E-state index < -0.39 is 6.09 Å². The molecular formula is C14H19N3O3. The number of anilines is 1. The van der Waals surface area contributed by atoms with E-state index >= 15 is 0 Å². The molecule has 1 aliphatic rings. The lowest BCUT2D eigenvalue weighted by Gasteiger charge is -2.33. The molecule has 6 heteroatoms. The van der Waals surface area contributed by atoms with Crippen molar-refractivity contribution in [3.8, 4) is 0 Å². The number of amides is 2. The van der Waals surface area contributed by atoms with Gasteiger partial charge in [0.2, 0.25) is 5.91 Å². The first-order valence-corrected chi connectivity index (χ1v) is 6.60. The number of rotatable bonds is 3. The quantitative estimate of drug-likeness (QED) is 0.893. The van der Waals surface area contributed by atoms with Crippen LogP contribution in [-0.2, 0) is 4.79 Å². The van der Waals surface area contributed by atoms with Gasteiger partial charge in [0, 0.05) is 38.9 Å². The van der Waals surface area contributed by atoms with Crippen LogP contribution in [0.1, 0.15) is 0 Å². The van der Waals surface area contributed by atoms with Crippen LogP contribution in [0.15, 0.2) is 30.3 Å². The molecule has 1 saturated heterocycles. The van der Waals surface area contributed by atoms with E-state index in [0.717, 1.165) is 5.69 Å². The number of hydrogen-bond acceptors (Lipinski definition) is 3. The molecule has 0 bridgehead atoms. The summed E-state index contributed by atoms with van der Waals surface area (Å²) in [5.41, 5.74) is 0.863. The molecule has 0 unspecified atom stereocenters. The molecule has 1 fully saturated rings. The first-order chi connectivity index (χ1) is 9.58. The summed E-state index contributed by atoms with van der Waals surface area (Å²) >= 11 is 0. The summed E-state index contributed by atoms with van der Waals surface area (Å²) in [6.07, 6.45) is -0.891. The third-order valence-corrected chi connectivity index (χ3v) is 3.52. The lowest BCUT2D eigenvalue weighted by Crippen LogP contribution is -2.51. The number of carbonyl (C=O) groups is 2. The fraction of sp³-hybridized carbons (Fsp3) is 0.429. The van der Waals surface area contributed by atoms with Crippen LogP contribution in [0, 0.1) is 0 Å². The zero-order valence-corrected chi connectivity index (χ0v) is 11.5. The molecule has 1 N–H and O–H groups in total. The Morgan fingerprint density at radius 2 is 1.75 bits per heavy atom. The van der Waals surface area contributed by atoms with E-state index in [1.54, 1.807) is 11.9 Å². The molecule has 0 spiro atoms. The summed E-state index contributed by atoms with van der Waals surface area (Å²) in [6.45, 7) is 2.43. The smallest absolute Gasteiger partial charge is 0.407 e. The minimum atomic E-state index is -0.891. The van der Waals surface area contributed by atoms with Gasteiger partial charge < -0.3 is 14.9 Å². The largest absolute Gasteiger partial charge is 0.465 e. The van der Waals surface area contributed by atoms with Gasteiger partial charge in [0.1, 0.15) is 0 Å². The zero-order chi connectivity index (χ0) is 14.5. The second-order valence-corrected chi connectivity index (χ2v) is 4.83. The van der Waals surface area contributed by atoms with Crippen molar-refractivity contribution in [1.82, 2.24) is 9.80 Å². The lowest BCUT2D eigenvalue weighted by molar-refractivity contribution is -0.119. The number of likely N-dealkylation sites (N-methyl/N-ethyl adjacent to an activating group) is 1. The van der Waals surface area contributed by atoms with Crippen LogP contribution in [0.25, 0.3) is 0 Å². The highest BCUT2D eigenvalue weighted by Gasteiger charge is 2.23. The number of benzene rings is 1.